The van der Waals surface area contributed by atoms with Gasteiger partial charge in [-0.05, 0) is 0 Å². The highest BCUT2D eigenvalue weighted by atomic mass is 16.2. The molecule has 0 bridgehead atoms. The minimum Gasteiger partial charge on any atom is -0.331 e. The van der Waals surface area contributed by atoms with Gasteiger partial charge in [0.1, 0.15) is 0 Å². The van der Waals surface area contributed by atoms with E-state index in [1.165, 1.54) is 4.90 Å². The van der Waals surface area contributed by atoms with Crippen molar-refractivity contribution in [1.82, 2.24) is 14.7 Å². The molecular weight excluding hydrogens is 182 g/mol. The fraction of sp³-hybridized carbons (Fsp3) is 0.500. The molecule has 0 aliphatic rings. The molecular formula is C8H15N5O. The molecule has 6 heteroatoms. The first-order valence-electron chi connectivity index (χ1n) is 4.25. The zero-order valence-corrected chi connectivity index (χ0v) is 8.61. The van der Waals surface area contributed by atoms with Gasteiger partial charge in [-0.15, -0.1) is 0 Å². The molecule has 78 valence electrons. The molecule has 1 rings (SSSR count). The largest absolute Gasteiger partial charge is 0.331 e. The SMILES string of the molecule is CN(C)C(=O)Nc1nn(C)cc1CN. The summed E-state index contributed by atoms with van der Waals surface area (Å²) in [7, 11) is 5.12. The van der Waals surface area contributed by atoms with Gasteiger partial charge in [0, 0.05) is 39.4 Å². The van der Waals surface area contributed by atoms with Crippen molar-refractivity contribution in [2.24, 2.45) is 12.8 Å². The first kappa shape index (κ1) is 10.5. The van der Waals surface area contributed by atoms with Crippen molar-refractivity contribution in [3.05, 3.63) is 11.8 Å². The van der Waals surface area contributed by atoms with E-state index in [2.05, 4.69) is 10.4 Å². The van der Waals surface area contributed by atoms with Gasteiger partial charge in [-0.1, -0.05) is 0 Å². The summed E-state index contributed by atoms with van der Waals surface area (Å²) in [4.78, 5) is 12.8. The number of hydrogen-bond acceptors (Lipinski definition) is 3. The minimum absolute atomic E-state index is 0.210. The molecule has 0 aliphatic heterocycles. The van der Waals surface area contributed by atoms with Crippen LogP contribution in [0.3, 0.4) is 0 Å². The molecule has 0 unspecified atom stereocenters. The molecule has 1 aromatic rings. The summed E-state index contributed by atoms with van der Waals surface area (Å²) in [5.74, 6) is 0.522. The van der Waals surface area contributed by atoms with Gasteiger partial charge in [-0.25, -0.2) is 4.79 Å². The van der Waals surface area contributed by atoms with E-state index in [0.29, 0.717) is 12.4 Å². The Labute approximate surface area is 82.7 Å². The van der Waals surface area contributed by atoms with E-state index in [9.17, 15) is 4.79 Å². The van der Waals surface area contributed by atoms with Gasteiger partial charge < -0.3 is 10.6 Å². The van der Waals surface area contributed by atoms with Crippen molar-refractivity contribution in [2.45, 2.75) is 6.54 Å². The molecule has 6 nitrogen and oxygen atoms in total. The smallest absolute Gasteiger partial charge is 0.322 e. The van der Waals surface area contributed by atoms with Gasteiger partial charge in [0.2, 0.25) is 0 Å². The molecule has 0 spiro atoms. The first-order chi connectivity index (χ1) is 6.54. The number of aryl methyl sites for hydroxylation is 1. The molecule has 0 saturated carbocycles. The number of nitrogens with zero attached hydrogens (tertiary/aromatic N) is 3. The zero-order valence-electron chi connectivity index (χ0n) is 8.61. The quantitative estimate of drug-likeness (QED) is 0.699. The number of anilines is 1. The number of carbonyl (C=O) groups is 1. The van der Waals surface area contributed by atoms with Crippen LogP contribution in [0, 0.1) is 0 Å². The number of urea groups is 1. The fourth-order valence-electron chi connectivity index (χ4n) is 1.01. The first-order valence-corrected chi connectivity index (χ1v) is 4.25. The lowest BCUT2D eigenvalue weighted by molar-refractivity contribution is 0.230. The van der Waals surface area contributed by atoms with Crippen LogP contribution in [-0.4, -0.2) is 34.8 Å². The summed E-state index contributed by atoms with van der Waals surface area (Å²) in [5, 5.41) is 6.74. The van der Waals surface area contributed by atoms with Crippen molar-refractivity contribution in [3.63, 3.8) is 0 Å². The highest BCUT2D eigenvalue weighted by Gasteiger charge is 2.10. The number of carbonyl (C=O) groups excluding carboxylic acids is 1. The zero-order chi connectivity index (χ0) is 10.7. The minimum atomic E-state index is -0.210. The molecule has 0 aromatic carbocycles. The van der Waals surface area contributed by atoms with E-state index in [0.717, 1.165) is 5.56 Å². The Morgan fingerprint density at radius 2 is 2.36 bits per heavy atom. The van der Waals surface area contributed by atoms with E-state index in [-0.39, 0.29) is 6.03 Å². The summed E-state index contributed by atoms with van der Waals surface area (Å²) in [5.41, 5.74) is 6.32. The van der Waals surface area contributed by atoms with Crippen molar-refractivity contribution >= 4 is 11.8 Å². The van der Waals surface area contributed by atoms with Crippen molar-refractivity contribution in [2.75, 3.05) is 19.4 Å². The van der Waals surface area contributed by atoms with Gasteiger partial charge in [-0.2, -0.15) is 5.10 Å². The highest BCUT2D eigenvalue weighted by Crippen LogP contribution is 2.11. The number of amides is 2. The van der Waals surface area contributed by atoms with Crippen molar-refractivity contribution in [1.29, 1.82) is 0 Å². The van der Waals surface area contributed by atoms with Crippen LogP contribution >= 0.6 is 0 Å². The van der Waals surface area contributed by atoms with Gasteiger partial charge in [0.15, 0.2) is 5.82 Å². The Kier molecular flexibility index (Phi) is 3.08. The lowest BCUT2D eigenvalue weighted by Crippen LogP contribution is -2.28. The van der Waals surface area contributed by atoms with E-state index in [1.807, 2.05) is 0 Å². The molecule has 0 aliphatic carbocycles. The fourth-order valence-corrected chi connectivity index (χ4v) is 1.01. The Morgan fingerprint density at radius 1 is 1.71 bits per heavy atom. The van der Waals surface area contributed by atoms with Gasteiger partial charge in [0.25, 0.3) is 0 Å². The summed E-state index contributed by atoms with van der Waals surface area (Å²) in [6, 6.07) is -0.210. The maximum atomic E-state index is 11.3. The van der Waals surface area contributed by atoms with Crippen LogP contribution in [0.2, 0.25) is 0 Å². The maximum absolute atomic E-state index is 11.3. The maximum Gasteiger partial charge on any atom is 0.322 e. The second kappa shape index (κ2) is 4.10. The lowest BCUT2D eigenvalue weighted by atomic mass is 10.3. The molecule has 2 amide bonds. The van der Waals surface area contributed by atoms with Gasteiger partial charge >= 0.3 is 6.03 Å². The van der Waals surface area contributed by atoms with Crippen molar-refractivity contribution in [3.8, 4) is 0 Å². The highest BCUT2D eigenvalue weighted by molar-refractivity contribution is 5.88. The van der Waals surface area contributed by atoms with Crippen LogP contribution in [0.25, 0.3) is 0 Å². The summed E-state index contributed by atoms with van der Waals surface area (Å²) in [6.07, 6.45) is 1.78. The van der Waals surface area contributed by atoms with E-state index < -0.39 is 0 Å². The average molecular weight is 197 g/mol. The Morgan fingerprint density at radius 3 is 2.86 bits per heavy atom. The predicted molar refractivity (Wildman–Crippen MR) is 53.8 cm³/mol. The number of nitrogens with one attached hydrogen (secondary N) is 1. The Bertz CT molecular complexity index is 330. The number of aromatic nitrogens is 2. The molecule has 0 radical (unpaired) electrons. The molecule has 1 aromatic heterocycles. The van der Waals surface area contributed by atoms with Crippen LogP contribution in [-0.2, 0) is 13.6 Å². The number of rotatable bonds is 2. The van der Waals surface area contributed by atoms with E-state index in [1.54, 1.807) is 32.0 Å². The van der Waals surface area contributed by atoms with E-state index >= 15 is 0 Å². The van der Waals surface area contributed by atoms with Crippen LogP contribution < -0.4 is 11.1 Å². The van der Waals surface area contributed by atoms with Crippen LogP contribution in [0.4, 0.5) is 10.6 Å². The van der Waals surface area contributed by atoms with Gasteiger partial charge in [0.05, 0.1) is 0 Å². The van der Waals surface area contributed by atoms with Crippen molar-refractivity contribution < 1.29 is 4.79 Å². The molecule has 1 heterocycles. The Hall–Kier alpha value is -1.56. The van der Waals surface area contributed by atoms with Gasteiger partial charge in [-0.3, -0.25) is 10.00 Å². The third kappa shape index (κ3) is 2.23. The second-order valence-electron chi connectivity index (χ2n) is 3.21. The number of hydrogen-bond donors (Lipinski definition) is 2. The molecule has 14 heavy (non-hydrogen) atoms. The topological polar surface area (TPSA) is 76.2 Å². The molecule has 0 atom stereocenters. The molecule has 0 saturated heterocycles. The second-order valence-corrected chi connectivity index (χ2v) is 3.21. The molecule has 0 fully saturated rings. The Balaban J connectivity index is 2.80. The molecule has 3 N–H and O–H groups in total. The summed E-state index contributed by atoms with van der Waals surface area (Å²) >= 11 is 0. The van der Waals surface area contributed by atoms with Crippen LogP contribution in [0.1, 0.15) is 5.56 Å². The normalized spacial score (nSPS) is 10.0. The monoisotopic (exact) mass is 197 g/mol. The number of nitrogens with two attached hydrogens (primary N) is 1. The van der Waals surface area contributed by atoms with E-state index in [4.69, 9.17) is 5.73 Å². The average Bonchev–Trinajstić information content (AvgIpc) is 2.45. The van der Waals surface area contributed by atoms with Crippen LogP contribution in [0.5, 0.6) is 0 Å². The standard InChI is InChI=1S/C8H15N5O/c1-12(2)8(14)10-7-6(4-9)5-13(3)11-7/h5H,4,9H2,1-3H3,(H,10,11,14). The van der Waals surface area contributed by atoms with Crippen LogP contribution in [0.15, 0.2) is 6.20 Å². The predicted octanol–water partition coefficient (Wildman–Crippen LogP) is -0.0277. The third-order valence-electron chi connectivity index (χ3n) is 1.76. The summed E-state index contributed by atoms with van der Waals surface area (Å²) < 4.78 is 1.62. The lowest BCUT2D eigenvalue weighted by Gasteiger charge is -2.10. The third-order valence-corrected chi connectivity index (χ3v) is 1.76. The summed E-state index contributed by atoms with van der Waals surface area (Å²) in [6.45, 7) is 0.358.